The number of nitrogens with zero attached hydrogens (tertiary/aromatic N) is 1. The van der Waals surface area contributed by atoms with Gasteiger partial charge in [0.2, 0.25) is 0 Å². The summed E-state index contributed by atoms with van der Waals surface area (Å²) in [6.07, 6.45) is -3.31. The molecule has 2 rings (SSSR count). The van der Waals surface area contributed by atoms with Crippen molar-refractivity contribution in [2.24, 2.45) is 0 Å². The summed E-state index contributed by atoms with van der Waals surface area (Å²) in [7, 11) is 0. The minimum Gasteiger partial charge on any atom is -0.318 e. The molecule has 0 aliphatic heterocycles. The van der Waals surface area contributed by atoms with Crippen molar-refractivity contribution in [2.45, 2.75) is 6.18 Å². The minimum absolute atomic E-state index is 0.0375. The highest BCUT2D eigenvalue weighted by atomic mass is 35.5. The number of alkyl halides is 3. The second-order valence-corrected chi connectivity index (χ2v) is 5.21. The number of pyridine rings is 1. The molecule has 0 saturated heterocycles. The van der Waals surface area contributed by atoms with E-state index in [1.54, 1.807) is 0 Å². The number of carbonyl (C=O) groups is 2. The van der Waals surface area contributed by atoms with Crippen LogP contribution in [0.2, 0.25) is 10.2 Å². The summed E-state index contributed by atoms with van der Waals surface area (Å²) in [4.78, 5) is 27.2. The first-order chi connectivity index (χ1) is 11.2. The normalized spacial score (nSPS) is 11.0. The first kappa shape index (κ1) is 18.0. The zero-order valence-corrected chi connectivity index (χ0v) is 13.1. The fourth-order valence-corrected chi connectivity index (χ4v) is 2.06. The molecule has 0 aliphatic carbocycles. The number of anilines is 2. The Hall–Kier alpha value is -2.32. The van der Waals surface area contributed by atoms with Crippen LogP contribution in [0.4, 0.5) is 24.5 Å². The van der Waals surface area contributed by atoms with Crippen LogP contribution in [0.1, 0.15) is 5.56 Å². The van der Waals surface area contributed by atoms with Crippen LogP contribution >= 0.6 is 23.2 Å². The van der Waals surface area contributed by atoms with E-state index < -0.39 is 28.6 Å². The molecule has 1 aromatic heterocycles. The van der Waals surface area contributed by atoms with Crippen molar-refractivity contribution >= 4 is 46.4 Å². The predicted molar refractivity (Wildman–Crippen MR) is 83.0 cm³/mol. The highest BCUT2D eigenvalue weighted by Gasteiger charge is 2.33. The van der Waals surface area contributed by atoms with Crippen molar-refractivity contribution in [3.63, 3.8) is 0 Å². The largest absolute Gasteiger partial charge is 0.417 e. The van der Waals surface area contributed by atoms with Gasteiger partial charge in [0, 0.05) is 11.9 Å². The van der Waals surface area contributed by atoms with Crippen LogP contribution in [-0.2, 0) is 15.8 Å². The molecular formula is C14H8Cl2F3N3O2. The third-order valence-electron chi connectivity index (χ3n) is 2.74. The van der Waals surface area contributed by atoms with E-state index in [-0.39, 0.29) is 16.5 Å². The highest BCUT2D eigenvalue weighted by molar-refractivity contribution is 6.44. The van der Waals surface area contributed by atoms with Gasteiger partial charge in [-0.1, -0.05) is 23.2 Å². The molecule has 1 heterocycles. The van der Waals surface area contributed by atoms with Crippen LogP contribution in [0.25, 0.3) is 0 Å². The van der Waals surface area contributed by atoms with Crippen LogP contribution in [0.15, 0.2) is 36.5 Å². The molecule has 2 N–H and O–H groups in total. The zero-order valence-electron chi connectivity index (χ0n) is 11.6. The van der Waals surface area contributed by atoms with Crippen molar-refractivity contribution in [2.75, 3.05) is 10.6 Å². The minimum atomic E-state index is -4.69. The van der Waals surface area contributed by atoms with Gasteiger partial charge in [-0.15, -0.1) is 0 Å². The van der Waals surface area contributed by atoms with Crippen molar-refractivity contribution in [1.29, 1.82) is 0 Å². The number of amides is 2. The molecule has 5 nitrogen and oxygen atoms in total. The Morgan fingerprint density at radius 3 is 2.33 bits per heavy atom. The summed E-state index contributed by atoms with van der Waals surface area (Å²) in [5.41, 5.74) is -1.27. The topological polar surface area (TPSA) is 71.1 Å². The maximum absolute atomic E-state index is 12.8. The van der Waals surface area contributed by atoms with Gasteiger partial charge in [-0.05, 0) is 30.3 Å². The first-order valence-electron chi connectivity index (χ1n) is 6.28. The van der Waals surface area contributed by atoms with Gasteiger partial charge in [0.15, 0.2) is 5.15 Å². The van der Waals surface area contributed by atoms with E-state index in [2.05, 4.69) is 10.3 Å². The molecule has 126 valence electrons. The number of rotatable bonds is 2. The van der Waals surface area contributed by atoms with Gasteiger partial charge >= 0.3 is 18.0 Å². The number of aromatic nitrogens is 1. The van der Waals surface area contributed by atoms with E-state index >= 15 is 0 Å². The van der Waals surface area contributed by atoms with E-state index in [0.29, 0.717) is 6.07 Å². The van der Waals surface area contributed by atoms with Crippen LogP contribution in [-0.4, -0.2) is 16.8 Å². The van der Waals surface area contributed by atoms with Crippen molar-refractivity contribution in [1.82, 2.24) is 4.98 Å². The number of nitrogens with one attached hydrogen (secondary N) is 2. The van der Waals surface area contributed by atoms with Gasteiger partial charge in [-0.3, -0.25) is 9.59 Å². The molecule has 0 fully saturated rings. The highest BCUT2D eigenvalue weighted by Crippen LogP contribution is 2.36. The monoisotopic (exact) mass is 377 g/mol. The van der Waals surface area contributed by atoms with Crippen molar-refractivity contribution in [3.8, 4) is 0 Å². The standard InChI is InChI=1S/C14H8Cl2F3N3O2/c15-9-4-3-7(6-8(9)14(17,18)19)21-12(23)13(24)22-10-2-1-5-20-11(10)16/h1-6H,(H,21,23)(H,22,24). The van der Waals surface area contributed by atoms with Crippen LogP contribution in [0.5, 0.6) is 0 Å². The molecule has 10 heteroatoms. The number of hydrogen-bond donors (Lipinski definition) is 2. The summed E-state index contributed by atoms with van der Waals surface area (Å²) in [5, 5.41) is 3.68. The second-order valence-electron chi connectivity index (χ2n) is 4.44. The van der Waals surface area contributed by atoms with Gasteiger partial charge in [-0.2, -0.15) is 13.2 Å². The maximum Gasteiger partial charge on any atom is 0.417 e. The zero-order chi connectivity index (χ0) is 17.9. The first-order valence-corrected chi connectivity index (χ1v) is 7.03. The number of carbonyl (C=O) groups excluding carboxylic acids is 2. The van der Waals surface area contributed by atoms with E-state index in [1.807, 2.05) is 5.32 Å². The molecule has 0 bridgehead atoms. The summed E-state index contributed by atoms with van der Waals surface area (Å²) in [6, 6.07) is 5.62. The fraction of sp³-hybridized carbons (Fsp3) is 0.0714. The third kappa shape index (κ3) is 4.36. The second kappa shape index (κ2) is 7.06. The lowest BCUT2D eigenvalue weighted by Crippen LogP contribution is -2.29. The molecule has 0 spiro atoms. The maximum atomic E-state index is 12.8. The van der Waals surface area contributed by atoms with Crippen LogP contribution in [0, 0.1) is 0 Å². The predicted octanol–water partition coefficient (Wildman–Crippen LogP) is 3.98. The summed E-state index contributed by atoms with van der Waals surface area (Å²) in [6.45, 7) is 0. The molecule has 1 aromatic carbocycles. The Morgan fingerprint density at radius 1 is 1.04 bits per heavy atom. The van der Waals surface area contributed by atoms with Gasteiger partial charge in [0.1, 0.15) is 0 Å². The lowest BCUT2D eigenvalue weighted by Gasteiger charge is -2.12. The SMILES string of the molecule is O=C(Nc1ccc(Cl)c(C(F)(F)F)c1)C(=O)Nc1cccnc1Cl. The summed E-state index contributed by atoms with van der Waals surface area (Å²) < 4.78 is 38.3. The molecular weight excluding hydrogens is 370 g/mol. The lowest BCUT2D eigenvalue weighted by atomic mass is 10.2. The Balaban J connectivity index is 2.12. The summed E-state index contributed by atoms with van der Waals surface area (Å²) in [5.74, 6) is -2.29. The molecule has 0 radical (unpaired) electrons. The Bertz CT molecular complexity index is 797. The van der Waals surface area contributed by atoms with Crippen molar-refractivity contribution < 1.29 is 22.8 Å². The van der Waals surface area contributed by atoms with E-state index in [0.717, 1.165) is 12.1 Å². The molecule has 0 unspecified atom stereocenters. The average molecular weight is 378 g/mol. The average Bonchev–Trinajstić information content (AvgIpc) is 2.50. The molecule has 2 aromatic rings. The number of benzene rings is 1. The van der Waals surface area contributed by atoms with E-state index in [9.17, 15) is 22.8 Å². The Kier molecular flexibility index (Phi) is 5.30. The van der Waals surface area contributed by atoms with Crippen LogP contribution < -0.4 is 10.6 Å². The molecule has 2 amide bonds. The molecule has 0 atom stereocenters. The van der Waals surface area contributed by atoms with Gasteiger partial charge in [-0.25, -0.2) is 4.98 Å². The van der Waals surface area contributed by atoms with E-state index in [4.69, 9.17) is 23.2 Å². The number of hydrogen-bond acceptors (Lipinski definition) is 3. The van der Waals surface area contributed by atoms with Crippen LogP contribution in [0.3, 0.4) is 0 Å². The van der Waals surface area contributed by atoms with E-state index in [1.165, 1.54) is 18.3 Å². The molecule has 0 saturated carbocycles. The fourth-order valence-electron chi connectivity index (χ4n) is 1.67. The summed E-state index contributed by atoms with van der Waals surface area (Å²) >= 11 is 11.2. The Morgan fingerprint density at radius 2 is 1.71 bits per heavy atom. The lowest BCUT2D eigenvalue weighted by molar-refractivity contribution is -0.137. The number of halogens is 5. The third-order valence-corrected chi connectivity index (χ3v) is 3.37. The quantitative estimate of drug-likeness (QED) is 0.614. The molecule has 24 heavy (non-hydrogen) atoms. The van der Waals surface area contributed by atoms with Gasteiger partial charge < -0.3 is 10.6 Å². The van der Waals surface area contributed by atoms with Gasteiger partial charge in [0.25, 0.3) is 0 Å². The van der Waals surface area contributed by atoms with Gasteiger partial charge in [0.05, 0.1) is 16.3 Å². The molecule has 0 aliphatic rings. The smallest absolute Gasteiger partial charge is 0.318 e. The Labute approximate surface area is 143 Å². The van der Waals surface area contributed by atoms with Crippen molar-refractivity contribution in [3.05, 3.63) is 52.3 Å².